The van der Waals surface area contributed by atoms with Crippen molar-refractivity contribution in [1.82, 2.24) is 5.32 Å². The van der Waals surface area contributed by atoms with Gasteiger partial charge < -0.3 is 15.4 Å². The Kier molecular flexibility index (Phi) is 6.85. The van der Waals surface area contributed by atoms with E-state index in [9.17, 15) is 4.79 Å². The lowest BCUT2D eigenvalue weighted by molar-refractivity contribution is 0.252. The molecular weight excluding hydrogens is 392 g/mol. The second-order valence-corrected chi connectivity index (χ2v) is 7.57. The van der Waals surface area contributed by atoms with E-state index in [2.05, 4.69) is 16.7 Å². The molecule has 2 amide bonds. The van der Waals surface area contributed by atoms with Crippen molar-refractivity contribution in [3.8, 4) is 16.9 Å². The van der Waals surface area contributed by atoms with E-state index in [4.69, 9.17) is 16.3 Å². The van der Waals surface area contributed by atoms with Crippen LogP contribution in [0.2, 0.25) is 5.02 Å². The highest BCUT2D eigenvalue weighted by Crippen LogP contribution is 2.37. The molecule has 3 aromatic rings. The van der Waals surface area contributed by atoms with Crippen LogP contribution in [0.3, 0.4) is 0 Å². The number of carbonyl (C=O) groups is 1. The van der Waals surface area contributed by atoms with Gasteiger partial charge in [0.15, 0.2) is 0 Å². The van der Waals surface area contributed by atoms with Crippen molar-refractivity contribution in [3.05, 3.63) is 71.8 Å². The number of hydrogen-bond donors (Lipinski definition) is 2. The molecule has 0 atom stereocenters. The number of nitrogens with one attached hydrogen (secondary N) is 2. The summed E-state index contributed by atoms with van der Waals surface area (Å²) < 4.78 is 5.52. The maximum Gasteiger partial charge on any atom is 0.319 e. The zero-order valence-corrected chi connectivity index (χ0v) is 17.2. The second kappa shape index (κ2) is 9.53. The van der Waals surface area contributed by atoms with Gasteiger partial charge in [-0.05, 0) is 67.1 Å². The maximum absolute atomic E-state index is 11.6. The first-order chi connectivity index (χ1) is 13.6. The molecule has 144 valence electrons. The third-order valence-corrected chi connectivity index (χ3v) is 5.22. The Labute approximate surface area is 174 Å². The molecule has 0 spiro atoms. The molecule has 6 heteroatoms. The molecule has 0 aromatic heterocycles. The van der Waals surface area contributed by atoms with E-state index in [1.54, 1.807) is 18.9 Å². The van der Waals surface area contributed by atoms with Gasteiger partial charge in [-0.1, -0.05) is 35.5 Å². The minimum atomic E-state index is -0.204. The Hall–Kier alpha value is -2.63. The average Bonchev–Trinajstić information content (AvgIpc) is 2.69. The Balaban J connectivity index is 1.79. The Bertz CT molecular complexity index is 961. The van der Waals surface area contributed by atoms with Gasteiger partial charge in [-0.3, -0.25) is 0 Å². The summed E-state index contributed by atoms with van der Waals surface area (Å²) in [7, 11) is 1.66. The average molecular weight is 413 g/mol. The molecule has 3 aromatic carbocycles. The van der Waals surface area contributed by atoms with Crippen LogP contribution in [0.4, 0.5) is 10.5 Å². The van der Waals surface area contributed by atoms with Gasteiger partial charge >= 0.3 is 6.03 Å². The van der Waals surface area contributed by atoms with E-state index >= 15 is 0 Å². The summed E-state index contributed by atoms with van der Waals surface area (Å²) in [5.41, 5.74) is 2.75. The second-order valence-electron chi connectivity index (χ2n) is 5.98. The molecule has 0 unspecified atom stereocenters. The largest absolute Gasteiger partial charge is 0.496 e. The number of carbonyl (C=O) groups excluding carboxylic acids is 1. The van der Waals surface area contributed by atoms with Crippen LogP contribution in [0, 0.1) is 0 Å². The number of anilines is 1. The molecule has 0 bridgehead atoms. The monoisotopic (exact) mass is 412 g/mol. The zero-order chi connectivity index (χ0) is 19.9. The maximum atomic E-state index is 11.6. The van der Waals surface area contributed by atoms with Crippen LogP contribution in [-0.4, -0.2) is 19.7 Å². The quantitative estimate of drug-likeness (QED) is 0.498. The first-order valence-corrected chi connectivity index (χ1v) is 10.0. The number of ether oxygens (including phenoxy) is 1. The molecule has 3 rings (SSSR count). The molecule has 0 aliphatic heterocycles. The third-order valence-electron chi connectivity index (χ3n) is 3.99. The third kappa shape index (κ3) is 5.21. The summed E-state index contributed by atoms with van der Waals surface area (Å²) in [5.74, 6) is 0.799. The number of benzene rings is 3. The number of hydrogen-bond acceptors (Lipinski definition) is 3. The lowest BCUT2D eigenvalue weighted by Gasteiger charge is -2.12. The summed E-state index contributed by atoms with van der Waals surface area (Å²) in [4.78, 5) is 13.8. The van der Waals surface area contributed by atoms with Gasteiger partial charge in [-0.15, -0.1) is 0 Å². The van der Waals surface area contributed by atoms with E-state index in [1.165, 1.54) is 0 Å². The van der Waals surface area contributed by atoms with Gasteiger partial charge in [0.1, 0.15) is 5.75 Å². The van der Waals surface area contributed by atoms with Crippen LogP contribution in [0.1, 0.15) is 6.92 Å². The lowest BCUT2D eigenvalue weighted by Crippen LogP contribution is -2.28. The molecule has 0 aliphatic rings. The molecule has 0 aliphatic carbocycles. The smallest absolute Gasteiger partial charge is 0.319 e. The normalized spacial score (nSPS) is 10.4. The minimum absolute atomic E-state index is 0.204. The van der Waals surface area contributed by atoms with E-state index in [1.807, 2.05) is 67.6 Å². The van der Waals surface area contributed by atoms with E-state index in [0.29, 0.717) is 11.6 Å². The number of rotatable bonds is 6. The predicted octanol–water partition coefficient (Wildman–Crippen LogP) is 6.31. The highest BCUT2D eigenvalue weighted by molar-refractivity contribution is 7.99. The van der Waals surface area contributed by atoms with Crippen molar-refractivity contribution >= 4 is 35.1 Å². The van der Waals surface area contributed by atoms with Gasteiger partial charge in [-0.25, -0.2) is 4.79 Å². The number of halogens is 1. The Morgan fingerprint density at radius 1 is 1.04 bits per heavy atom. The summed E-state index contributed by atoms with van der Waals surface area (Å²) in [6.07, 6.45) is 0. The highest BCUT2D eigenvalue weighted by Gasteiger charge is 2.09. The fraction of sp³-hybridized carbons (Fsp3) is 0.136. The van der Waals surface area contributed by atoms with Crippen LogP contribution in [0.25, 0.3) is 11.1 Å². The van der Waals surface area contributed by atoms with E-state index < -0.39 is 0 Å². The standard InChI is InChI=1S/C22H21ClN2O2S/c1-3-24-22(26)25-17-7-9-18(10-8-17)28-19-11-12-21(27-2)20(14-19)15-5-4-6-16(23)13-15/h4-14H,3H2,1-2H3,(H2,24,25,26). The molecule has 0 fully saturated rings. The number of urea groups is 1. The Morgan fingerprint density at radius 2 is 1.79 bits per heavy atom. The van der Waals surface area contributed by atoms with Crippen molar-refractivity contribution in [1.29, 1.82) is 0 Å². The molecule has 0 saturated carbocycles. The molecule has 0 heterocycles. The van der Waals surface area contributed by atoms with Crippen molar-refractivity contribution in [3.63, 3.8) is 0 Å². The molecule has 28 heavy (non-hydrogen) atoms. The van der Waals surface area contributed by atoms with Crippen molar-refractivity contribution in [2.45, 2.75) is 16.7 Å². The van der Waals surface area contributed by atoms with Crippen molar-refractivity contribution in [2.75, 3.05) is 19.0 Å². The molecule has 0 saturated heterocycles. The predicted molar refractivity (Wildman–Crippen MR) is 117 cm³/mol. The molecule has 4 nitrogen and oxygen atoms in total. The van der Waals surface area contributed by atoms with Crippen molar-refractivity contribution < 1.29 is 9.53 Å². The number of amides is 2. The summed E-state index contributed by atoms with van der Waals surface area (Å²) in [5, 5.41) is 6.19. The van der Waals surface area contributed by atoms with Crippen LogP contribution in [-0.2, 0) is 0 Å². The van der Waals surface area contributed by atoms with E-state index in [-0.39, 0.29) is 6.03 Å². The van der Waals surface area contributed by atoms with E-state index in [0.717, 1.165) is 32.4 Å². The summed E-state index contributed by atoms with van der Waals surface area (Å²) >= 11 is 7.79. The van der Waals surface area contributed by atoms with Crippen LogP contribution in [0.5, 0.6) is 5.75 Å². The first-order valence-electron chi connectivity index (χ1n) is 8.86. The summed E-state index contributed by atoms with van der Waals surface area (Å²) in [6, 6.07) is 21.3. The molecule has 2 N–H and O–H groups in total. The first kappa shape index (κ1) is 20.1. The topological polar surface area (TPSA) is 50.4 Å². The molecule has 0 radical (unpaired) electrons. The molecular formula is C22H21ClN2O2S. The minimum Gasteiger partial charge on any atom is -0.496 e. The lowest BCUT2D eigenvalue weighted by atomic mass is 10.0. The van der Waals surface area contributed by atoms with Crippen LogP contribution < -0.4 is 15.4 Å². The van der Waals surface area contributed by atoms with Gasteiger partial charge in [0.05, 0.1) is 7.11 Å². The zero-order valence-electron chi connectivity index (χ0n) is 15.7. The van der Waals surface area contributed by atoms with Gasteiger partial charge in [0.2, 0.25) is 0 Å². The fourth-order valence-electron chi connectivity index (χ4n) is 2.71. The van der Waals surface area contributed by atoms with Crippen LogP contribution >= 0.6 is 23.4 Å². The van der Waals surface area contributed by atoms with Crippen molar-refractivity contribution in [2.24, 2.45) is 0 Å². The van der Waals surface area contributed by atoms with Gasteiger partial charge in [0, 0.05) is 32.6 Å². The number of methoxy groups -OCH3 is 1. The Morgan fingerprint density at radius 3 is 2.46 bits per heavy atom. The van der Waals surface area contributed by atoms with Gasteiger partial charge in [-0.2, -0.15) is 0 Å². The highest BCUT2D eigenvalue weighted by atomic mass is 35.5. The van der Waals surface area contributed by atoms with Gasteiger partial charge in [0.25, 0.3) is 0 Å². The SMILES string of the molecule is CCNC(=O)Nc1ccc(Sc2ccc(OC)c(-c3cccc(Cl)c3)c2)cc1. The summed E-state index contributed by atoms with van der Waals surface area (Å²) in [6.45, 7) is 2.47. The fourth-order valence-corrected chi connectivity index (χ4v) is 3.76. The van der Waals surface area contributed by atoms with Crippen LogP contribution in [0.15, 0.2) is 76.5 Å².